The summed E-state index contributed by atoms with van der Waals surface area (Å²) in [7, 11) is 0. The van der Waals surface area contributed by atoms with E-state index in [-0.39, 0.29) is 5.79 Å². The fraction of sp³-hybridized carbons (Fsp3) is 1.00. The van der Waals surface area contributed by atoms with Crippen LogP contribution in [0.3, 0.4) is 0 Å². The zero-order valence-electron chi connectivity index (χ0n) is 7.14. The molecule has 64 valence electrons. The molecular weight excluding hydrogens is 140 g/mol. The van der Waals surface area contributed by atoms with Crippen LogP contribution < -0.4 is 0 Å². The first kappa shape index (κ1) is 7.56. The minimum Gasteiger partial charge on any atom is -0.347 e. The summed E-state index contributed by atoms with van der Waals surface area (Å²) in [6.07, 6.45) is 4.98. The highest BCUT2D eigenvalue weighted by molar-refractivity contribution is 4.83. The first-order chi connectivity index (χ1) is 5.33. The number of hydrogen-bond donors (Lipinski definition) is 0. The van der Waals surface area contributed by atoms with Crippen molar-refractivity contribution in [3.63, 3.8) is 0 Å². The molecule has 0 aromatic carbocycles. The summed E-state index contributed by atoms with van der Waals surface area (Å²) in [4.78, 5) is 0. The summed E-state index contributed by atoms with van der Waals surface area (Å²) < 4.78 is 11.3. The van der Waals surface area contributed by atoms with Crippen LogP contribution in [0.1, 0.15) is 32.6 Å². The lowest BCUT2D eigenvalue weighted by Crippen LogP contribution is -2.40. The molecule has 1 saturated heterocycles. The van der Waals surface area contributed by atoms with Crippen molar-refractivity contribution >= 4 is 0 Å². The maximum Gasteiger partial charge on any atom is 0.171 e. The maximum atomic E-state index is 5.67. The lowest BCUT2D eigenvalue weighted by Gasteiger charge is -2.37. The Morgan fingerprint density at radius 1 is 1.18 bits per heavy atom. The summed E-state index contributed by atoms with van der Waals surface area (Å²) >= 11 is 0. The average molecular weight is 156 g/mol. The van der Waals surface area contributed by atoms with E-state index < -0.39 is 0 Å². The van der Waals surface area contributed by atoms with Gasteiger partial charge in [-0.2, -0.15) is 0 Å². The number of ether oxygens (including phenoxy) is 2. The largest absolute Gasteiger partial charge is 0.347 e. The van der Waals surface area contributed by atoms with Crippen molar-refractivity contribution in [2.24, 2.45) is 5.92 Å². The third-order valence-corrected chi connectivity index (χ3v) is 2.94. The monoisotopic (exact) mass is 156 g/mol. The summed E-state index contributed by atoms with van der Waals surface area (Å²) in [6, 6.07) is 0. The van der Waals surface area contributed by atoms with Crippen LogP contribution in [0.2, 0.25) is 0 Å². The Kier molecular flexibility index (Phi) is 1.90. The Hall–Kier alpha value is -0.0800. The van der Waals surface area contributed by atoms with Gasteiger partial charge in [-0.3, -0.25) is 0 Å². The van der Waals surface area contributed by atoms with E-state index in [4.69, 9.17) is 9.47 Å². The minimum absolute atomic E-state index is 0.168. The molecule has 2 heteroatoms. The van der Waals surface area contributed by atoms with Gasteiger partial charge in [-0.15, -0.1) is 0 Å². The van der Waals surface area contributed by atoms with Gasteiger partial charge in [-0.05, 0) is 12.8 Å². The molecule has 2 fully saturated rings. The molecule has 0 radical (unpaired) electrons. The van der Waals surface area contributed by atoms with Crippen LogP contribution >= 0.6 is 0 Å². The van der Waals surface area contributed by atoms with Crippen LogP contribution in [0.5, 0.6) is 0 Å². The first-order valence-electron chi connectivity index (χ1n) is 4.61. The topological polar surface area (TPSA) is 18.5 Å². The zero-order chi connectivity index (χ0) is 7.73. The molecule has 2 rings (SSSR count). The molecule has 2 nitrogen and oxygen atoms in total. The van der Waals surface area contributed by atoms with Crippen LogP contribution in [0, 0.1) is 5.92 Å². The molecule has 0 amide bonds. The molecule has 0 unspecified atom stereocenters. The van der Waals surface area contributed by atoms with Crippen LogP contribution in [-0.4, -0.2) is 19.0 Å². The Morgan fingerprint density at radius 2 is 1.91 bits per heavy atom. The predicted octanol–water partition coefficient (Wildman–Crippen LogP) is 1.94. The molecule has 1 heterocycles. The highest BCUT2D eigenvalue weighted by Gasteiger charge is 2.43. The van der Waals surface area contributed by atoms with Gasteiger partial charge in [0.25, 0.3) is 0 Å². The van der Waals surface area contributed by atoms with Gasteiger partial charge >= 0.3 is 0 Å². The molecule has 2 aliphatic rings. The van der Waals surface area contributed by atoms with E-state index in [1.165, 1.54) is 19.3 Å². The number of hydrogen-bond acceptors (Lipinski definition) is 2. The van der Waals surface area contributed by atoms with Gasteiger partial charge in [-0.25, -0.2) is 0 Å². The van der Waals surface area contributed by atoms with Crippen LogP contribution in [0.4, 0.5) is 0 Å². The molecule has 1 aliphatic carbocycles. The van der Waals surface area contributed by atoms with Crippen LogP contribution in [0.15, 0.2) is 0 Å². The summed E-state index contributed by atoms with van der Waals surface area (Å²) in [6.45, 7) is 3.83. The van der Waals surface area contributed by atoms with Crippen molar-refractivity contribution in [1.82, 2.24) is 0 Å². The Labute approximate surface area is 67.9 Å². The Bertz CT molecular complexity index is 138. The fourth-order valence-electron chi connectivity index (χ4n) is 2.19. The van der Waals surface area contributed by atoms with Crippen LogP contribution in [0.25, 0.3) is 0 Å². The van der Waals surface area contributed by atoms with E-state index in [1.807, 2.05) is 0 Å². The summed E-state index contributed by atoms with van der Waals surface area (Å²) in [5, 5.41) is 0. The van der Waals surface area contributed by atoms with Gasteiger partial charge in [0, 0.05) is 12.3 Å². The molecular formula is C9H16O2. The minimum atomic E-state index is -0.168. The van der Waals surface area contributed by atoms with Gasteiger partial charge in [-0.1, -0.05) is 13.3 Å². The Morgan fingerprint density at radius 3 is 2.55 bits per heavy atom. The molecule has 1 spiro atoms. The van der Waals surface area contributed by atoms with Crippen molar-refractivity contribution in [2.75, 3.05) is 13.2 Å². The lowest BCUT2D eigenvalue weighted by molar-refractivity contribution is -0.207. The van der Waals surface area contributed by atoms with Crippen molar-refractivity contribution in [1.29, 1.82) is 0 Å². The van der Waals surface area contributed by atoms with E-state index >= 15 is 0 Å². The van der Waals surface area contributed by atoms with Crippen molar-refractivity contribution in [3.8, 4) is 0 Å². The second-order valence-corrected chi connectivity index (χ2v) is 3.66. The van der Waals surface area contributed by atoms with Gasteiger partial charge in [0.1, 0.15) is 0 Å². The van der Waals surface area contributed by atoms with Crippen molar-refractivity contribution < 1.29 is 9.47 Å². The standard InChI is InChI=1S/C9H16O2/c1-8-4-2-3-5-9(8)10-6-7-11-9/h8H,2-7H2,1H3/t8-/m0/s1. The van der Waals surface area contributed by atoms with Gasteiger partial charge < -0.3 is 9.47 Å². The SMILES string of the molecule is C[C@H]1CCCCC12OCCO2. The summed E-state index contributed by atoms with van der Waals surface area (Å²) in [5.74, 6) is 0.428. The third-order valence-electron chi connectivity index (χ3n) is 2.94. The molecule has 1 aliphatic heterocycles. The van der Waals surface area contributed by atoms with E-state index in [0.29, 0.717) is 5.92 Å². The lowest BCUT2D eigenvalue weighted by atomic mass is 9.85. The first-order valence-corrected chi connectivity index (χ1v) is 4.61. The summed E-state index contributed by atoms with van der Waals surface area (Å²) in [5.41, 5.74) is 0. The van der Waals surface area contributed by atoms with Gasteiger partial charge in [0.2, 0.25) is 0 Å². The highest BCUT2D eigenvalue weighted by Crippen LogP contribution is 2.39. The van der Waals surface area contributed by atoms with Crippen LogP contribution in [-0.2, 0) is 9.47 Å². The van der Waals surface area contributed by atoms with E-state index in [9.17, 15) is 0 Å². The maximum absolute atomic E-state index is 5.67. The second kappa shape index (κ2) is 2.76. The van der Waals surface area contributed by atoms with E-state index in [0.717, 1.165) is 19.6 Å². The molecule has 0 bridgehead atoms. The average Bonchev–Trinajstić information content (AvgIpc) is 2.46. The molecule has 0 aromatic heterocycles. The van der Waals surface area contributed by atoms with E-state index in [2.05, 4.69) is 6.92 Å². The number of rotatable bonds is 0. The fourth-order valence-corrected chi connectivity index (χ4v) is 2.19. The van der Waals surface area contributed by atoms with E-state index in [1.54, 1.807) is 0 Å². The smallest absolute Gasteiger partial charge is 0.171 e. The van der Waals surface area contributed by atoms with Gasteiger partial charge in [0.15, 0.2) is 5.79 Å². The normalized spacial score (nSPS) is 36.3. The molecule has 0 aromatic rings. The second-order valence-electron chi connectivity index (χ2n) is 3.66. The highest BCUT2D eigenvalue weighted by atomic mass is 16.7. The molecule has 11 heavy (non-hydrogen) atoms. The predicted molar refractivity (Wildman–Crippen MR) is 42.3 cm³/mol. The quantitative estimate of drug-likeness (QED) is 0.533. The molecule has 1 atom stereocenters. The van der Waals surface area contributed by atoms with Gasteiger partial charge in [0.05, 0.1) is 13.2 Å². The zero-order valence-corrected chi connectivity index (χ0v) is 7.14. The molecule has 0 N–H and O–H groups in total. The Balaban J connectivity index is 2.07. The third kappa shape index (κ3) is 1.18. The molecule has 1 saturated carbocycles. The van der Waals surface area contributed by atoms with Crippen molar-refractivity contribution in [3.05, 3.63) is 0 Å². The van der Waals surface area contributed by atoms with Crippen molar-refractivity contribution in [2.45, 2.75) is 38.4 Å².